The third kappa shape index (κ3) is 5.91. The molecule has 1 unspecified atom stereocenters. The highest BCUT2D eigenvalue weighted by Crippen LogP contribution is 2.32. The van der Waals surface area contributed by atoms with Crippen LogP contribution < -0.4 is 5.32 Å². The summed E-state index contributed by atoms with van der Waals surface area (Å²) in [4.78, 5) is 0. The Labute approximate surface area is 123 Å². The zero-order valence-corrected chi connectivity index (χ0v) is 14.4. The van der Waals surface area contributed by atoms with E-state index in [0.29, 0.717) is 11.2 Å². The first-order valence-corrected chi connectivity index (χ1v) is 9.03. The van der Waals surface area contributed by atoms with Gasteiger partial charge >= 0.3 is 0 Å². The molecule has 1 atom stereocenters. The molecule has 6 heteroatoms. The maximum Gasteiger partial charge on any atom is 0.175 e. The van der Waals surface area contributed by atoms with E-state index in [0.717, 1.165) is 15.2 Å². The van der Waals surface area contributed by atoms with Gasteiger partial charge in [-0.05, 0) is 32.9 Å². The fourth-order valence-electron chi connectivity index (χ4n) is 1.28. The standard InChI is InChI=1S/C12H23N3S3/c1-8(2)9(7-13-12(3,4)5)17-11-15-14-10(16-6)18-11/h8-9,13H,7H2,1-6H3. The number of thioether (sulfide) groups is 2. The van der Waals surface area contributed by atoms with Gasteiger partial charge in [0.15, 0.2) is 8.68 Å². The molecule has 1 N–H and O–H groups in total. The first-order valence-electron chi connectivity index (χ1n) is 6.11. The zero-order valence-electron chi connectivity index (χ0n) is 12.0. The van der Waals surface area contributed by atoms with E-state index in [-0.39, 0.29) is 5.54 Å². The summed E-state index contributed by atoms with van der Waals surface area (Å²) in [6.45, 7) is 12.1. The number of rotatable bonds is 6. The first-order chi connectivity index (χ1) is 8.31. The number of hydrogen-bond donors (Lipinski definition) is 1. The summed E-state index contributed by atoms with van der Waals surface area (Å²) in [6.07, 6.45) is 2.04. The van der Waals surface area contributed by atoms with E-state index in [1.54, 1.807) is 23.1 Å². The number of nitrogens with one attached hydrogen (secondary N) is 1. The lowest BCUT2D eigenvalue weighted by molar-refractivity contribution is 0.408. The minimum atomic E-state index is 0.166. The van der Waals surface area contributed by atoms with Crippen LogP contribution in [0.1, 0.15) is 34.6 Å². The molecule has 1 heterocycles. The third-order valence-corrected chi connectivity index (χ3v) is 5.92. The second-order valence-corrected chi connectivity index (χ2v) is 9.09. The van der Waals surface area contributed by atoms with Crippen molar-refractivity contribution in [3.8, 4) is 0 Å². The molecule has 1 rings (SSSR count). The van der Waals surface area contributed by atoms with E-state index in [2.05, 4.69) is 50.1 Å². The zero-order chi connectivity index (χ0) is 13.8. The van der Waals surface area contributed by atoms with Crippen LogP contribution in [0.4, 0.5) is 0 Å². The van der Waals surface area contributed by atoms with Crippen molar-refractivity contribution < 1.29 is 0 Å². The topological polar surface area (TPSA) is 37.8 Å². The van der Waals surface area contributed by atoms with Gasteiger partial charge in [-0.25, -0.2) is 0 Å². The van der Waals surface area contributed by atoms with Crippen molar-refractivity contribution in [2.45, 2.75) is 54.1 Å². The molecule has 3 nitrogen and oxygen atoms in total. The van der Waals surface area contributed by atoms with Crippen molar-refractivity contribution in [2.75, 3.05) is 12.8 Å². The lowest BCUT2D eigenvalue weighted by atomic mass is 10.1. The Balaban J connectivity index is 2.57. The van der Waals surface area contributed by atoms with Gasteiger partial charge in [0, 0.05) is 17.3 Å². The lowest BCUT2D eigenvalue weighted by Gasteiger charge is -2.26. The van der Waals surface area contributed by atoms with Crippen molar-refractivity contribution >= 4 is 34.9 Å². The van der Waals surface area contributed by atoms with E-state index in [1.807, 2.05) is 18.0 Å². The molecule has 1 aromatic rings. The minimum absolute atomic E-state index is 0.166. The van der Waals surface area contributed by atoms with Crippen LogP contribution in [0.15, 0.2) is 8.68 Å². The second kappa shape index (κ2) is 7.12. The smallest absolute Gasteiger partial charge is 0.175 e. The maximum absolute atomic E-state index is 4.24. The van der Waals surface area contributed by atoms with Gasteiger partial charge in [-0.1, -0.05) is 48.7 Å². The molecule has 0 fully saturated rings. The first kappa shape index (κ1) is 16.3. The van der Waals surface area contributed by atoms with Crippen LogP contribution in [-0.2, 0) is 0 Å². The summed E-state index contributed by atoms with van der Waals surface area (Å²) in [5.74, 6) is 0.617. The third-order valence-electron chi connectivity index (χ3n) is 2.39. The van der Waals surface area contributed by atoms with Crippen LogP contribution >= 0.6 is 34.9 Å². The van der Waals surface area contributed by atoms with Crippen LogP contribution in [-0.4, -0.2) is 33.8 Å². The van der Waals surface area contributed by atoms with Gasteiger partial charge in [-0.3, -0.25) is 0 Å². The lowest BCUT2D eigenvalue weighted by Crippen LogP contribution is -2.41. The Morgan fingerprint density at radius 3 is 2.28 bits per heavy atom. The largest absolute Gasteiger partial charge is 0.311 e. The van der Waals surface area contributed by atoms with Crippen LogP contribution in [0.2, 0.25) is 0 Å². The summed E-state index contributed by atoms with van der Waals surface area (Å²) in [7, 11) is 0. The predicted molar refractivity (Wildman–Crippen MR) is 83.9 cm³/mol. The Morgan fingerprint density at radius 1 is 1.22 bits per heavy atom. The SMILES string of the molecule is CSc1nnc(SC(CNC(C)(C)C)C(C)C)s1. The van der Waals surface area contributed by atoms with E-state index in [1.165, 1.54) is 0 Å². The van der Waals surface area contributed by atoms with E-state index in [4.69, 9.17) is 0 Å². The normalized spacial score (nSPS) is 14.2. The Bertz CT molecular complexity index is 358. The summed E-state index contributed by atoms with van der Waals surface area (Å²) in [5.41, 5.74) is 0.166. The molecule has 104 valence electrons. The maximum atomic E-state index is 4.24. The quantitative estimate of drug-likeness (QED) is 0.810. The molecular formula is C12H23N3S3. The number of hydrogen-bond acceptors (Lipinski definition) is 6. The van der Waals surface area contributed by atoms with Gasteiger partial charge in [0.05, 0.1) is 0 Å². The Morgan fingerprint density at radius 2 is 1.83 bits per heavy atom. The van der Waals surface area contributed by atoms with Crippen molar-refractivity contribution in [1.29, 1.82) is 0 Å². The van der Waals surface area contributed by atoms with Crippen LogP contribution in [0.3, 0.4) is 0 Å². The molecule has 0 aliphatic heterocycles. The van der Waals surface area contributed by atoms with E-state index < -0.39 is 0 Å². The summed E-state index contributed by atoms with van der Waals surface area (Å²) in [6, 6.07) is 0. The molecule has 0 saturated carbocycles. The van der Waals surface area contributed by atoms with Gasteiger partial charge in [0.25, 0.3) is 0 Å². The Hall–Kier alpha value is 0.220. The molecule has 0 spiro atoms. The minimum Gasteiger partial charge on any atom is -0.311 e. The highest BCUT2D eigenvalue weighted by Gasteiger charge is 2.20. The van der Waals surface area contributed by atoms with Crippen LogP contribution in [0.5, 0.6) is 0 Å². The molecule has 0 amide bonds. The van der Waals surface area contributed by atoms with Gasteiger partial charge in [-0.15, -0.1) is 10.2 Å². The Kier molecular flexibility index (Phi) is 6.44. The monoisotopic (exact) mass is 305 g/mol. The molecule has 1 aromatic heterocycles. The second-order valence-electron chi connectivity index (χ2n) is 5.57. The predicted octanol–water partition coefficient (Wildman–Crippen LogP) is 3.76. The van der Waals surface area contributed by atoms with Crippen molar-refractivity contribution in [1.82, 2.24) is 15.5 Å². The average Bonchev–Trinajstić information content (AvgIpc) is 2.70. The van der Waals surface area contributed by atoms with E-state index in [9.17, 15) is 0 Å². The molecule has 18 heavy (non-hydrogen) atoms. The molecule has 0 aliphatic rings. The number of aromatic nitrogens is 2. The summed E-state index contributed by atoms with van der Waals surface area (Å²) >= 11 is 5.19. The number of nitrogens with zero attached hydrogens (tertiary/aromatic N) is 2. The molecule has 0 bridgehead atoms. The molecule has 0 aromatic carbocycles. The fourth-order valence-corrected chi connectivity index (χ4v) is 4.03. The molecular weight excluding hydrogens is 282 g/mol. The van der Waals surface area contributed by atoms with Crippen molar-refractivity contribution in [2.24, 2.45) is 5.92 Å². The molecule has 0 aliphatic carbocycles. The van der Waals surface area contributed by atoms with Gasteiger partial charge in [-0.2, -0.15) is 0 Å². The van der Waals surface area contributed by atoms with E-state index >= 15 is 0 Å². The van der Waals surface area contributed by atoms with Crippen LogP contribution in [0, 0.1) is 5.92 Å². The summed E-state index contributed by atoms with van der Waals surface area (Å²) < 4.78 is 2.12. The highest BCUT2D eigenvalue weighted by atomic mass is 32.2. The average molecular weight is 306 g/mol. The molecule has 0 saturated heterocycles. The van der Waals surface area contributed by atoms with Gasteiger partial charge in [0.1, 0.15) is 0 Å². The van der Waals surface area contributed by atoms with Gasteiger partial charge in [0.2, 0.25) is 0 Å². The van der Waals surface area contributed by atoms with Crippen molar-refractivity contribution in [3.63, 3.8) is 0 Å². The highest BCUT2D eigenvalue weighted by molar-refractivity contribution is 8.03. The van der Waals surface area contributed by atoms with Gasteiger partial charge < -0.3 is 5.32 Å². The van der Waals surface area contributed by atoms with Crippen molar-refractivity contribution in [3.05, 3.63) is 0 Å². The van der Waals surface area contributed by atoms with Crippen LogP contribution in [0.25, 0.3) is 0 Å². The molecule has 0 radical (unpaired) electrons. The summed E-state index contributed by atoms with van der Waals surface area (Å²) in [5, 5.41) is 12.5. The fraction of sp³-hybridized carbons (Fsp3) is 0.833.